The standard InChI is InChI=1S/C10H17NO3/c1-4-5-6-7-10(2,8-11)14-9(12)13-3/h4-7H2,1-3H3/t10-/m1/s1. The Kier molecular flexibility index (Phi) is 5.70. The van der Waals surface area contributed by atoms with Gasteiger partial charge in [-0.1, -0.05) is 19.8 Å². The summed E-state index contributed by atoms with van der Waals surface area (Å²) in [5, 5.41) is 8.85. The molecule has 0 aromatic rings. The fraction of sp³-hybridized carbons (Fsp3) is 0.800. The van der Waals surface area contributed by atoms with Crippen LogP contribution >= 0.6 is 0 Å². The molecule has 80 valence electrons. The van der Waals surface area contributed by atoms with E-state index in [9.17, 15) is 4.79 Å². The van der Waals surface area contributed by atoms with E-state index in [1.807, 2.05) is 6.07 Å². The molecule has 0 heterocycles. The zero-order valence-corrected chi connectivity index (χ0v) is 9.00. The maximum atomic E-state index is 10.8. The second-order valence-electron chi connectivity index (χ2n) is 3.36. The average molecular weight is 199 g/mol. The first-order valence-corrected chi connectivity index (χ1v) is 4.76. The van der Waals surface area contributed by atoms with Crippen LogP contribution in [0.1, 0.15) is 39.5 Å². The Morgan fingerprint density at radius 2 is 2.14 bits per heavy atom. The van der Waals surface area contributed by atoms with Gasteiger partial charge in [0, 0.05) is 6.42 Å². The number of carbonyl (C=O) groups is 1. The van der Waals surface area contributed by atoms with E-state index in [1.54, 1.807) is 6.92 Å². The normalized spacial score (nSPS) is 13.9. The number of rotatable bonds is 5. The van der Waals surface area contributed by atoms with Gasteiger partial charge in [0.25, 0.3) is 0 Å². The summed E-state index contributed by atoms with van der Waals surface area (Å²) in [7, 11) is 1.23. The van der Waals surface area contributed by atoms with Crippen molar-refractivity contribution < 1.29 is 14.3 Å². The zero-order valence-electron chi connectivity index (χ0n) is 9.00. The molecule has 0 aliphatic heterocycles. The number of unbranched alkanes of at least 4 members (excludes halogenated alkanes) is 2. The van der Waals surface area contributed by atoms with Gasteiger partial charge in [0.15, 0.2) is 5.60 Å². The van der Waals surface area contributed by atoms with Crippen molar-refractivity contribution in [3.05, 3.63) is 0 Å². The summed E-state index contributed by atoms with van der Waals surface area (Å²) in [6, 6.07) is 1.98. The van der Waals surface area contributed by atoms with Crippen molar-refractivity contribution in [2.75, 3.05) is 7.11 Å². The quantitative estimate of drug-likeness (QED) is 0.504. The highest BCUT2D eigenvalue weighted by molar-refractivity contribution is 5.60. The SMILES string of the molecule is CCCCC[C@](C)(C#N)OC(=O)OC. The number of nitriles is 1. The predicted octanol–water partition coefficient (Wildman–Crippen LogP) is 2.63. The van der Waals surface area contributed by atoms with Crippen LogP contribution in [-0.4, -0.2) is 18.9 Å². The van der Waals surface area contributed by atoms with Gasteiger partial charge in [-0.25, -0.2) is 4.79 Å². The molecule has 0 N–H and O–H groups in total. The van der Waals surface area contributed by atoms with Crippen LogP contribution in [0.5, 0.6) is 0 Å². The molecular weight excluding hydrogens is 182 g/mol. The van der Waals surface area contributed by atoms with Crippen molar-refractivity contribution in [2.24, 2.45) is 0 Å². The largest absolute Gasteiger partial charge is 0.509 e. The van der Waals surface area contributed by atoms with Crippen LogP contribution in [-0.2, 0) is 9.47 Å². The van der Waals surface area contributed by atoms with Crippen LogP contribution < -0.4 is 0 Å². The van der Waals surface area contributed by atoms with E-state index >= 15 is 0 Å². The third-order valence-electron chi connectivity index (χ3n) is 1.97. The smallest absolute Gasteiger partial charge is 0.438 e. The molecule has 4 heteroatoms. The zero-order chi connectivity index (χ0) is 11.0. The summed E-state index contributed by atoms with van der Waals surface area (Å²) in [5.74, 6) is 0. The molecular formula is C10H17NO3. The van der Waals surface area contributed by atoms with E-state index in [-0.39, 0.29) is 0 Å². The molecule has 0 aliphatic carbocycles. The molecule has 0 spiro atoms. The average Bonchev–Trinajstić information content (AvgIpc) is 2.18. The van der Waals surface area contributed by atoms with Gasteiger partial charge >= 0.3 is 6.16 Å². The number of carbonyl (C=O) groups excluding carboxylic acids is 1. The monoisotopic (exact) mass is 199 g/mol. The van der Waals surface area contributed by atoms with Gasteiger partial charge in [0.05, 0.1) is 7.11 Å². The lowest BCUT2D eigenvalue weighted by Gasteiger charge is -2.20. The van der Waals surface area contributed by atoms with Crippen LogP contribution in [0.25, 0.3) is 0 Å². The van der Waals surface area contributed by atoms with Crippen molar-refractivity contribution in [3.8, 4) is 6.07 Å². The first-order valence-electron chi connectivity index (χ1n) is 4.76. The minimum Gasteiger partial charge on any atom is -0.438 e. The van der Waals surface area contributed by atoms with Crippen molar-refractivity contribution >= 4 is 6.16 Å². The number of methoxy groups -OCH3 is 1. The molecule has 1 atom stereocenters. The third kappa shape index (κ3) is 4.70. The van der Waals surface area contributed by atoms with Crippen LogP contribution in [0.4, 0.5) is 4.79 Å². The lowest BCUT2D eigenvalue weighted by Crippen LogP contribution is -2.29. The molecule has 0 saturated heterocycles. The first-order chi connectivity index (χ1) is 6.58. The highest BCUT2D eigenvalue weighted by Gasteiger charge is 2.28. The molecule has 0 amide bonds. The molecule has 0 aromatic heterocycles. The second-order valence-corrected chi connectivity index (χ2v) is 3.36. The van der Waals surface area contributed by atoms with Crippen molar-refractivity contribution in [1.82, 2.24) is 0 Å². The van der Waals surface area contributed by atoms with Gasteiger partial charge in [0.2, 0.25) is 0 Å². The van der Waals surface area contributed by atoms with Gasteiger partial charge in [0.1, 0.15) is 6.07 Å². The lowest BCUT2D eigenvalue weighted by molar-refractivity contribution is 0.00750. The number of nitrogens with zero attached hydrogens (tertiary/aromatic N) is 1. The van der Waals surface area contributed by atoms with Gasteiger partial charge in [-0.05, 0) is 13.3 Å². The Balaban J connectivity index is 4.06. The van der Waals surface area contributed by atoms with Gasteiger partial charge in [-0.15, -0.1) is 0 Å². The van der Waals surface area contributed by atoms with E-state index in [2.05, 4.69) is 11.7 Å². The van der Waals surface area contributed by atoms with Gasteiger partial charge < -0.3 is 9.47 Å². The molecule has 0 unspecified atom stereocenters. The van der Waals surface area contributed by atoms with Crippen molar-refractivity contribution in [3.63, 3.8) is 0 Å². The van der Waals surface area contributed by atoms with Crippen LogP contribution in [0.15, 0.2) is 0 Å². The minimum atomic E-state index is -1.05. The van der Waals surface area contributed by atoms with Gasteiger partial charge in [-0.2, -0.15) is 5.26 Å². The maximum absolute atomic E-state index is 10.8. The molecule has 0 saturated carbocycles. The van der Waals surface area contributed by atoms with Crippen LogP contribution in [0.3, 0.4) is 0 Å². The Bertz CT molecular complexity index is 222. The maximum Gasteiger partial charge on any atom is 0.509 e. The van der Waals surface area contributed by atoms with E-state index in [1.165, 1.54) is 7.11 Å². The topological polar surface area (TPSA) is 59.3 Å². The molecule has 0 aromatic carbocycles. The number of ether oxygens (including phenoxy) is 2. The summed E-state index contributed by atoms with van der Waals surface area (Å²) >= 11 is 0. The fourth-order valence-electron chi connectivity index (χ4n) is 1.07. The summed E-state index contributed by atoms with van der Waals surface area (Å²) in [4.78, 5) is 10.8. The Labute approximate surface area is 84.8 Å². The van der Waals surface area contributed by atoms with Crippen LogP contribution in [0.2, 0.25) is 0 Å². The van der Waals surface area contributed by atoms with E-state index in [4.69, 9.17) is 10.00 Å². The van der Waals surface area contributed by atoms with Crippen LogP contribution in [0, 0.1) is 11.3 Å². The third-order valence-corrected chi connectivity index (χ3v) is 1.97. The lowest BCUT2D eigenvalue weighted by atomic mass is 10.00. The summed E-state index contributed by atoms with van der Waals surface area (Å²) in [6.07, 6.45) is 2.72. The van der Waals surface area contributed by atoms with E-state index in [0.29, 0.717) is 6.42 Å². The molecule has 14 heavy (non-hydrogen) atoms. The molecule has 0 radical (unpaired) electrons. The van der Waals surface area contributed by atoms with Crippen molar-refractivity contribution in [1.29, 1.82) is 5.26 Å². The first kappa shape index (κ1) is 12.8. The Morgan fingerprint density at radius 1 is 1.50 bits per heavy atom. The summed E-state index contributed by atoms with van der Waals surface area (Å²) < 4.78 is 9.20. The summed E-state index contributed by atoms with van der Waals surface area (Å²) in [6.45, 7) is 3.67. The van der Waals surface area contributed by atoms with Crippen molar-refractivity contribution in [2.45, 2.75) is 45.1 Å². The minimum absolute atomic E-state index is 0.548. The number of hydrogen-bond donors (Lipinski definition) is 0. The predicted molar refractivity (Wildman–Crippen MR) is 51.7 cm³/mol. The Morgan fingerprint density at radius 3 is 2.57 bits per heavy atom. The Hall–Kier alpha value is -1.24. The van der Waals surface area contributed by atoms with Gasteiger partial charge in [-0.3, -0.25) is 0 Å². The summed E-state index contributed by atoms with van der Waals surface area (Å²) in [5.41, 5.74) is -1.05. The second kappa shape index (κ2) is 6.25. The molecule has 4 nitrogen and oxygen atoms in total. The molecule has 0 bridgehead atoms. The highest BCUT2D eigenvalue weighted by atomic mass is 16.7. The molecule has 0 fully saturated rings. The van der Waals surface area contributed by atoms with E-state index in [0.717, 1.165) is 19.3 Å². The molecule has 0 aliphatic rings. The highest BCUT2D eigenvalue weighted by Crippen LogP contribution is 2.19. The molecule has 0 rings (SSSR count). The fourth-order valence-corrected chi connectivity index (χ4v) is 1.07. The van der Waals surface area contributed by atoms with E-state index < -0.39 is 11.8 Å². The number of hydrogen-bond acceptors (Lipinski definition) is 4.